The number of nitrogens with zero attached hydrogens (tertiary/aromatic N) is 3. The van der Waals surface area contributed by atoms with Crippen LogP contribution in [-0.4, -0.2) is 16.1 Å². The first kappa shape index (κ1) is 9.09. The Labute approximate surface area is 84.6 Å². The van der Waals surface area contributed by atoms with Gasteiger partial charge in [0.25, 0.3) is 0 Å². The lowest BCUT2D eigenvalue weighted by molar-refractivity contribution is 0.0691. The number of rotatable bonds is 1. The van der Waals surface area contributed by atoms with Gasteiger partial charge >= 0.3 is 11.7 Å². The Morgan fingerprint density at radius 2 is 2.07 bits per heavy atom. The molecule has 1 N–H and O–H groups in total. The number of aromatic nitrogens is 1. The van der Waals surface area contributed by atoms with Gasteiger partial charge in [0.2, 0.25) is 5.39 Å². The summed E-state index contributed by atoms with van der Waals surface area (Å²) in [5.41, 5.74) is 0.806. The molecule has 0 bridgehead atoms. The molecule has 15 heavy (non-hydrogen) atoms. The smallest absolute Gasteiger partial charge is 0.387 e. The molecule has 1 aromatic carbocycles. The van der Waals surface area contributed by atoms with Gasteiger partial charge in [0.1, 0.15) is 5.69 Å². The standard InChI is InChI=1S/C10H5N3O2/c11-13-7-3-1-6-2-4-8(10(14)15)12-9(6)5-7/h1-5H/p+1. The van der Waals surface area contributed by atoms with Crippen molar-refractivity contribution in [3.8, 4) is 0 Å². The van der Waals surface area contributed by atoms with Crippen LogP contribution < -0.4 is 0 Å². The second-order valence-corrected chi connectivity index (χ2v) is 2.98. The first-order valence-electron chi connectivity index (χ1n) is 4.20. The fourth-order valence-electron chi connectivity index (χ4n) is 1.29. The molecule has 0 saturated carbocycles. The molecule has 1 heterocycles. The summed E-state index contributed by atoms with van der Waals surface area (Å²) in [6.07, 6.45) is 0. The Hall–Kier alpha value is -2.48. The predicted molar refractivity (Wildman–Crippen MR) is 53.4 cm³/mol. The van der Waals surface area contributed by atoms with Gasteiger partial charge in [-0.15, -0.1) is 0 Å². The van der Waals surface area contributed by atoms with E-state index in [4.69, 9.17) is 10.5 Å². The Morgan fingerprint density at radius 1 is 1.33 bits per heavy atom. The lowest BCUT2D eigenvalue weighted by Gasteiger charge is -1.96. The average Bonchev–Trinajstić information content (AvgIpc) is 2.27. The maximum atomic E-state index is 10.7. The molecule has 0 atom stereocenters. The van der Waals surface area contributed by atoms with Crippen molar-refractivity contribution in [2.75, 3.05) is 0 Å². The van der Waals surface area contributed by atoms with Crippen LogP contribution in [0.1, 0.15) is 10.5 Å². The van der Waals surface area contributed by atoms with Crippen molar-refractivity contribution in [1.82, 2.24) is 4.98 Å². The normalized spacial score (nSPS) is 9.80. The molecule has 5 heteroatoms. The molecule has 5 nitrogen and oxygen atoms in total. The van der Waals surface area contributed by atoms with Crippen molar-refractivity contribution in [2.45, 2.75) is 0 Å². The number of carboxylic acid groups (broad SMARTS) is 1. The molecule has 0 aliphatic rings. The van der Waals surface area contributed by atoms with Gasteiger partial charge in [0.15, 0.2) is 4.98 Å². The summed E-state index contributed by atoms with van der Waals surface area (Å²) in [7, 11) is 0. The highest BCUT2D eigenvalue weighted by Crippen LogP contribution is 2.19. The summed E-state index contributed by atoms with van der Waals surface area (Å²) in [6, 6.07) is 7.93. The zero-order valence-electron chi connectivity index (χ0n) is 7.58. The summed E-state index contributed by atoms with van der Waals surface area (Å²) < 4.78 is 0. The van der Waals surface area contributed by atoms with E-state index in [1.54, 1.807) is 18.2 Å². The zero-order chi connectivity index (χ0) is 10.8. The molecule has 0 saturated heterocycles. The van der Waals surface area contributed by atoms with Gasteiger partial charge in [-0.05, 0) is 12.1 Å². The van der Waals surface area contributed by atoms with Crippen LogP contribution in [-0.2, 0) is 0 Å². The molecule has 1 aromatic heterocycles. The Balaban J connectivity index is 2.69. The van der Waals surface area contributed by atoms with Crippen LogP contribution in [0.25, 0.3) is 15.9 Å². The van der Waals surface area contributed by atoms with Crippen LogP contribution in [0.3, 0.4) is 0 Å². The zero-order valence-corrected chi connectivity index (χ0v) is 7.58. The van der Waals surface area contributed by atoms with Gasteiger partial charge in [0, 0.05) is 11.5 Å². The number of benzene rings is 1. The van der Waals surface area contributed by atoms with Crippen LogP contribution >= 0.6 is 0 Å². The highest BCUT2D eigenvalue weighted by Gasteiger charge is 2.09. The van der Waals surface area contributed by atoms with Gasteiger partial charge in [0.05, 0.1) is 11.6 Å². The van der Waals surface area contributed by atoms with Crippen molar-refractivity contribution >= 4 is 22.6 Å². The van der Waals surface area contributed by atoms with E-state index in [0.29, 0.717) is 11.2 Å². The molecule has 0 radical (unpaired) electrons. The van der Waals surface area contributed by atoms with E-state index in [9.17, 15) is 4.79 Å². The second kappa shape index (κ2) is 3.35. The van der Waals surface area contributed by atoms with Crippen molar-refractivity contribution < 1.29 is 9.90 Å². The Morgan fingerprint density at radius 3 is 2.73 bits per heavy atom. The second-order valence-electron chi connectivity index (χ2n) is 2.98. The van der Waals surface area contributed by atoms with Crippen LogP contribution in [0.15, 0.2) is 30.3 Å². The van der Waals surface area contributed by atoms with E-state index in [2.05, 4.69) is 9.96 Å². The summed E-state index contributed by atoms with van der Waals surface area (Å²) in [6.45, 7) is 0. The van der Waals surface area contributed by atoms with E-state index in [-0.39, 0.29) is 5.69 Å². The third-order valence-corrected chi connectivity index (χ3v) is 2.01. The first-order valence-corrected chi connectivity index (χ1v) is 4.20. The lowest BCUT2D eigenvalue weighted by atomic mass is 10.2. The Bertz CT molecular complexity index is 587. The summed E-state index contributed by atoms with van der Waals surface area (Å²) in [4.78, 5) is 17.6. The minimum absolute atomic E-state index is 0.0300. The van der Waals surface area contributed by atoms with Gasteiger partial charge in [-0.1, -0.05) is 6.07 Å². The molecule has 2 rings (SSSR count). The van der Waals surface area contributed by atoms with E-state index in [1.165, 1.54) is 12.1 Å². The molecule has 0 fully saturated rings. The fraction of sp³-hybridized carbons (Fsp3) is 0. The van der Waals surface area contributed by atoms with Gasteiger partial charge in [-0.25, -0.2) is 9.78 Å². The molecule has 2 aromatic rings. The molecule has 72 valence electrons. The summed E-state index contributed by atoms with van der Waals surface area (Å²) in [5.74, 6) is -1.08. The molecule has 0 aliphatic heterocycles. The molecular formula is C10H6N3O2+. The predicted octanol–water partition coefficient (Wildman–Crippen LogP) is 2.42. The number of hydrogen-bond donors (Lipinski definition) is 1. The summed E-state index contributed by atoms with van der Waals surface area (Å²) in [5, 5.41) is 18.1. The van der Waals surface area contributed by atoms with E-state index in [1.807, 2.05) is 0 Å². The van der Waals surface area contributed by atoms with Crippen LogP contribution in [0.2, 0.25) is 0 Å². The van der Waals surface area contributed by atoms with Crippen LogP contribution in [0.4, 0.5) is 5.69 Å². The molecule has 0 unspecified atom stereocenters. The van der Waals surface area contributed by atoms with Gasteiger partial charge in [-0.3, -0.25) is 0 Å². The third-order valence-electron chi connectivity index (χ3n) is 2.01. The highest BCUT2D eigenvalue weighted by molar-refractivity contribution is 5.90. The van der Waals surface area contributed by atoms with Gasteiger partial charge in [-0.2, -0.15) is 0 Å². The minimum Gasteiger partial charge on any atom is -0.477 e. The van der Waals surface area contributed by atoms with Crippen molar-refractivity contribution in [3.05, 3.63) is 41.0 Å². The molecule has 0 amide bonds. The lowest BCUT2D eigenvalue weighted by Crippen LogP contribution is -1.99. The van der Waals surface area contributed by atoms with Crippen molar-refractivity contribution in [1.29, 1.82) is 5.39 Å². The quantitative estimate of drug-likeness (QED) is 0.717. The molecule has 0 aliphatic carbocycles. The van der Waals surface area contributed by atoms with Crippen molar-refractivity contribution in [2.24, 2.45) is 0 Å². The number of aromatic carboxylic acids is 1. The molecule has 0 spiro atoms. The SMILES string of the molecule is N#[N+]c1ccc2ccc(C(=O)O)nc2c1. The van der Waals surface area contributed by atoms with Crippen molar-refractivity contribution in [3.63, 3.8) is 0 Å². The van der Waals surface area contributed by atoms with Crippen LogP contribution in [0, 0.1) is 5.39 Å². The highest BCUT2D eigenvalue weighted by atomic mass is 16.4. The largest absolute Gasteiger partial charge is 0.477 e. The Kier molecular flexibility index (Phi) is 2.03. The number of fused-ring (bicyclic) bond motifs is 1. The number of hydrogen-bond acceptors (Lipinski definition) is 3. The number of pyridine rings is 1. The monoisotopic (exact) mass is 200 g/mol. The van der Waals surface area contributed by atoms with Gasteiger partial charge < -0.3 is 5.11 Å². The number of carbonyl (C=O) groups is 1. The fourth-order valence-corrected chi connectivity index (χ4v) is 1.29. The maximum Gasteiger partial charge on any atom is 0.387 e. The minimum atomic E-state index is -1.08. The topological polar surface area (TPSA) is 78.3 Å². The van der Waals surface area contributed by atoms with Crippen LogP contribution in [0.5, 0.6) is 0 Å². The summed E-state index contributed by atoms with van der Waals surface area (Å²) >= 11 is 0. The maximum absolute atomic E-state index is 10.7. The van der Waals surface area contributed by atoms with E-state index >= 15 is 0 Å². The van der Waals surface area contributed by atoms with E-state index in [0.717, 1.165) is 5.39 Å². The first-order chi connectivity index (χ1) is 7.20. The molecular weight excluding hydrogens is 194 g/mol. The van der Waals surface area contributed by atoms with E-state index < -0.39 is 5.97 Å². The number of diazo groups is 1. The average molecular weight is 200 g/mol. The third kappa shape index (κ3) is 1.60. The number of carboxylic acids is 1.